The number of carbonyl (C=O) groups excluding carboxylic acids is 1. The second-order valence-electron chi connectivity index (χ2n) is 6.40. The molecular weight excluding hydrogens is 306 g/mol. The van der Waals surface area contributed by atoms with Gasteiger partial charge in [-0.15, -0.1) is 0 Å². The first-order valence-electron chi connectivity index (χ1n) is 8.65. The number of aliphatic hydroxyl groups excluding tert-OH is 1. The van der Waals surface area contributed by atoms with Crippen LogP contribution in [0.25, 0.3) is 11.0 Å². The second-order valence-corrected chi connectivity index (χ2v) is 6.40. The van der Waals surface area contributed by atoms with Crippen LogP contribution in [0.15, 0.2) is 22.6 Å². The van der Waals surface area contributed by atoms with E-state index in [2.05, 4.69) is 19.1 Å². The van der Waals surface area contributed by atoms with Crippen molar-refractivity contribution in [1.82, 2.24) is 4.90 Å². The van der Waals surface area contributed by atoms with Crippen LogP contribution in [0.2, 0.25) is 0 Å². The Balaban J connectivity index is 1.95. The average Bonchev–Trinajstić information content (AvgIpc) is 3.13. The Labute approximate surface area is 142 Å². The maximum absolute atomic E-state index is 13.0. The van der Waals surface area contributed by atoms with Crippen molar-refractivity contribution in [2.45, 2.75) is 45.8 Å². The first kappa shape index (κ1) is 17.0. The lowest BCUT2D eigenvalue weighted by Gasteiger charge is -2.28. The fraction of sp³-hybridized carbons (Fsp3) is 0.526. The summed E-state index contributed by atoms with van der Waals surface area (Å²) >= 11 is 0. The molecule has 0 unspecified atom stereocenters. The van der Waals surface area contributed by atoms with Crippen LogP contribution < -0.4 is 0 Å². The Kier molecular flexibility index (Phi) is 4.92. The summed E-state index contributed by atoms with van der Waals surface area (Å²) in [6.45, 7) is 7.11. The predicted octanol–water partition coefficient (Wildman–Crippen LogP) is 2.92. The number of amides is 1. The topological polar surface area (TPSA) is 62.9 Å². The van der Waals surface area contributed by atoms with Crippen LogP contribution in [0.5, 0.6) is 0 Å². The third kappa shape index (κ3) is 2.94. The maximum atomic E-state index is 13.0. The van der Waals surface area contributed by atoms with E-state index in [0.29, 0.717) is 18.9 Å². The smallest absolute Gasteiger partial charge is 0.290 e. The number of hydrogen-bond donors (Lipinski definition) is 1. The van der Waals surface area contributed by atoms with E-state index in [1.807, 2.05) is 19.9 Å². The van der Waals surface area contributed by atoms with Crippen LogP contribution in [0.4, 0.5) is 0 Å². The summed E-state index contributed by atoms with van der Waals surface area (Å²) in [5, 5.41) is 11.0. The highest BCUT2D eigenvalue weighted by Gasteiger charge is 2.35. The number of carbonyl (C=O) groups is 1. The standard InChI is InChI=1S/C19H25NO4/c1-4-6-13-7-8-17-14(9-13)12(3)18(24-17)19(22)20(5-2)15-10-23-11-16(15)21/h7-9,15-16,21H,4-6,10-11H2,1-3H3/t15-,16-/m1/s1. The van der Waals surface area contributed by atoms with Gasteiger partial charge >= 0.3 is 0 Å². The molecule has 0 saturated carbocycles. The minimum atomic E-state index is -0.644. The van der Waals surface area contributed by atoms with Gasteiger partial charge in [0.1, 0.15) is 5.58 Å². The first-order valence-corrected chi connectivity index (χ1v) is 8.65. The molecule has 1 aromatic carbocycles. The van der Waals surface area contributed by atoms with Crippen LogP contribution in [0, 0.1) is 6.92 Å². The molecule has 3 rings (SSSR count). The van der Waals surface area contributed by atoms with E-state index in [0.717, 1.165) is 29.4 Å². The molecule has 0 spiro atoms. The molecule has 1 aromatic heterocycles. The van der Waals surface area contributed by atoms with E-state index >= 15 is 0 Å². The summed E-state index contributed by atoms with van der Waals surface area (Å²) < 4.78 is 11.2. The van der Waals surface area contributed by atoms with Crippen LogP contribution in [0.1, 0.15) is 41.9 Å². The second kappa shape index (κ2) is 6.95. The molecule has 0 bridgehead atoms. The summed E-state index contributed by atoms with van der Waals surface area (Å²) in [7, 11) is 0. The Morgan fingerprint density at radius 3 is 2.75 bits per heavy atom. The van der Waals surface area contributed by atoms with Gasteiger partial charge in [-0.2, -0.15) is 0 Å². The molecule has 0 aliphatic carbocycles. The van der Waals surface area contributed by atoms with E-state index in [1.54, 1.807) is 4.90 Å². The summed E-state index contributed by atoms with van der Waals surface area (Å²) in [6.07, 6.45) is 1.45. The number of fused-ring (bicyclic) bond motifs is 1. The zero-order valence-electron chi connectivity index (χ0n) is 14.5. The van der Waals surface area contributed by atoms with Crippen LogP contribution in [-0.4, -0.2) is 47.8 Å². The van der Waals surface area contributed by atoms with Gasteiger partial charge in [0.2, 0.25) is 0 Å². The molecule has 1 fully saturated rings. The van der Waals surface area contributed by atoms with Gasteiger partial charge in [-0.25, -0.2) is 0 Å². The zero-order valence-corrected chi connectivity index (χ0v) is 14.5. The monoisotopic (exact) mass is 331 g/mol. The van der Waals surface area contributed by atoms with E-state index < -0.39 is 6.10 Å². The highest BCUT2D eigenvalue weighted by Crippen LogP contribution is 2.28. The van der Waals surface area contributed by atoms with E-state index in [1.165, 1.54) is 5.56 Å². The number of aryl methyl sites for hydroxylation is 2. The normalized spacial score (nSPS) is 20.7. The Morgan fingerprint density at radius 2 is 2.12 bits per heavy atom. The van der Waals surface area contributed by atoms with Crippen molar-refractivity contribution in [3.05, 3.63) is 35.1 Å². The summed E-state index contributed by atoms with van der Waals surface area (Å²) in [6, 6.07) is 5.78. The third-order valence-corrected chi connectivity index (χ3v) is 4.76. The van der Waals surface area contributed by atoms with E-state index in [-0.39, 0.29) is 18.6 Å². The minimum absolute atomic E-state index is 0.183. The quantitative estimate of drug-likeness (QED) is 0.915. The SMILES string of the molecule is CCCc1ccc2oc(C(=O)N(CC)[C@@H]3COC[C@H]3O)c(C)c2c1. The van der Waals surface area contributed by atoms with Gasteiger partial charge in [0.25, 0.3) is 5.91 Å². The Hall–Kier alpha value is -1.85. The van der Waals surface area contributed by atoms with Crippen molar-refractivity contribution in [1.29, 1.82) is 0 Å². The molecule has 2 heterocycles. The molecular formula is C19H25NO4. The molecule has 1 aliphatic heterocycles. The third-order valence-electron chi connectivity index (χ3n) is 4.76. The molecule has 1 aliphatic rings. The van der Waals surface area contributed by atoms with Crippen molar-refractivity contribution in [3.8, 4) is 0 Å². The number of nitrogens with zero attached hydrogens (tertiary/aromatic N) is 1. The maximum Gasteiger partial charge on any atom is 0.290 e. The van der Waals surface area contributed by atoms with Gasteiger partial charge in [0.05, 0.1) is 25.4 Å². The van der Waals surface area contributed by atoms with Crippen molar-refractivity contribution < 1.29 is 19.1 Å². The predicted molar refractivity (Wildman–Crippen MR) is 92.3 cm³/mol. The van der Waals surface area contributed by atoms with Crippen molar-refractivity contribution in [2.24, 2.45) is 0 Å². The Morgan fingerprint density at radius 1 is 1.33 bits per heavy atom. The van der Waals surface area contributed by atoms with Crippen LogP contribution in [-0.2, 0) is 11.2 Å². The number of benzene rings is 1. The van der Waals surface area contributed by atoms with Gasteiger partial charge < -0.3 is 19.2 Å². The molecule has 5 heteroatoms. The molecule has 24 heavy (non-hydrogen) atoms. The number of furan rings is 1. The fourth-order valence-corrected chi connectivity index (χ4v) is 3.40. The van der Waals surface area contributed by atoms with Crippen molar-refractivity contribution in [2.75, 3.05) is 19.8 Å². The molecule has 2 atom stereocenters. The molecule has 130 valence electrons. The van der Waals surface area contributed by atoms with Crippen LogP contribution in [0.3, 0.4) is 0 Å². The van der Waals surface area contributed by atoms with Gasteiger partial charge in [0, 0.05) is 17.5 Å². The lowest BCUT2D eigenvalue weighted by atomic mass is 10.0. The first-order chi connectivity index (χ1) is 11.6. The molecule has 1 saturated heterocycles. The largest absolute Gasteiger partial charge is 0.451 e. The van der Waals surface area contributed by atoms with Gasteiger partial charge in [0.15, 0.2) is 5.76 Å². The van der Waals surface area contributed by atoms with Gasteiger partial charge in [-0.05, 0) is 38.0 Å². The van der Waals surface area contributed by atoms with Crippen molar-refractivity contribution >= 4 is 16.9 Å². The number of rotatable bonds is 5. The zero-order chi connectivity index (χ0) is 17.3. The number of hydrogen-bond acceptors (Lipinski definition) is 4. The molecule has 2 aromatic rings. The van der Waals surface area contributed by atoms with Crippen LogP contribution >= 0.6 is 0 Å². The molecule has 1 N–H and O–H groups in total. The average molecular weight is 331 g/mol. The fourth-order valence-electron chi connectivity index (χ4n) is 3.40. The highest BCUT2D eigenvalue weighted by molar-refractivity contribution is 5.99. The van der Waals surface area contributed by atoms with E-state index in [4.69, 9.17) is 9.15 Å². The summed E-state index contributed by atoms with van der Waals surface area (Å²) in [5.74, 6) is 0.178. The number of likely N-dealkylation sites (N-methyl/N-ethyl adjacent to an activating group) is 1. The van der Waals surface area contributed by atoms with Gasteiger partial charge in [-0.1, -0.05) is 19.4 Å². The minimum Gasteiger partial charge on any atom is -0.451 e. The number of aliphatic hydroxyl groups is 1. The molecule has 5 nitrogen and oxygen atoms in total. The highest BCUT2D eigenvalue weighted by atomic mass is 16.5. The van der Waals surface area contributed by atoms with Gasteiger partial charge in [-0.3, -0.25) is 4.79 Å². The summed E-state index contributed by atoms with van der Waals surface area (Å²) in [4.78, 5) is 14.6. The van der Waals surface area contributed by atoms with Crippen molar-refractivity contribution in [3.63, 3.8) is 0 Å². The lowest BCUT2D eigenvalue weighted by Crippen LogP contribution is -2.46. The molecule has 1 amide bonds. The lowest BCUT2D eigenvalue weighted by molar-refractivity contribution is 0.0493. The summed E-state index contributed by atoms with van der Waals surface area (Å²) in [5.41, 5.74) is 2.84. The number of ether oxygens (including phenoxy) is 1. The Bertz CT molecular complexity index is 736. The van der Waals surface area contributed by atoms with E-state index in [9.17, 15) is 9.90 Å². The molecule has 0 radical (unpaired) electrons.